The number of hydrogen-bond donors (Lipinski definition) is 2. The van der Waals surface area contributed by atoms with E-state index in [2.05, 4.69) is 31.4 Å². The summed E-state index contributed by atoms with van der Waals surface area (Å²) in [6.45, 7) is 8.42. The van der Waals surface area contributed by atoms with E-state index >= 15 is 0 Å². The van der Waals surface area contributed by atoms with Crippen molar-refractivity contribution in [3.63, 3.8) is 0 Å². The summed E-state index contributed by atoms with van der Waals surface area (Å²) in [5.74, 6) is 0.373. The fourth-order valence-electron chi connectivity index (χ4n) is 4.41. The molecule has 5 nitrogen and oxygen atoms in total. The van der Waals surface area contributed by atoms with Crippen LogP contribution in [0.1, 0.15) is 54.9 Å². The van der Waals surface area contributed by atoms with Crippen LogP contribution in [0.3, 0.4) is 0 Å². The molecule has 2 aromatic carbocycles. The molecule has 2 atom stereocenters. The summed E-state index contributed by atoms with van der Waals surface area (Å²) in [5.41, 5.74) is 2.20. The summed E-state index contributed by atoms with van der Waals surface area (Å²) in [6.07, 6.45) is 1.86. The first kappa shape index (κ1) is 26.5. The highest BCUT2D eigenvalue weighted by molar-refractivity contribution is 7.17. The van der Waals surface area contributed by atoms with Crippen molar-refractivity contribution in [2.45, 2.75) is 53.1 Å². The van der Waals surface area contributed by atoms with Crippen LogP contribution in [0.25, 0.3) is 0 Å². The Balaban J connectivity index is 1.62. The summed E-state index contributed by atoms with van der Waals surface area (Å²) in [5, 5.41) is 7.41. The third-order valence-electron chi connectivity index (χ3n) is 6.55. The maximum atomic E-state index is 13.5. The second kappa shape index (κ2) is 10.8. The molecule has 4 rings (SSSR count). The number of carbonyl (C=O) groups excluding carboxylic acids is 2. The first-order valence-electron chi connectivity index (χ1n) is 12.0. The third-order valence-corrected chi connectivity index (χ3v) is 8.29. The van der Waals surface area contributed by atoms with Gasteiger partial charge in [0.2, 0.25) is 0 Å². The predicted octanol–water partition coefficient (Wildman–Crippen LogP) is 7.86. The molecule has 190 valence electrons. The largest absolute Gasteiger partial charge is 0.481 e. The molecule has 0 aliphatic heterocycles. The van der Waals surface area contributed by atoms with E-state index in [1.165, 1.54) is 11.3 Å². The Bertz CT molecular complexity index is 1280. The Morgan fingerprint density at radius 2 is 1.83 bits per heavy atom. The average Bonchev–Trinajstić information content (AvgIpc) is 3.17. The van der Waals surface area contributed by atoms with Gasteiger partial charge in [-0.25, -0.2) is 0 Å². The Labute approximate surface area is 226 Å². The molecule has 1 aliphatic rings. The number of thiophene rings is 1. The number of anilines is 2. The van der Waals surface area contributed by atoms with Gasteiger partial charge in [0.15, 0.2) is 6.10 Å². The minimum absolute atomic E-state index is 0.157. The first-order chi connectivity index (χ1) is 17.0. The van der Waals surface area contributed by atoms with E-state index < -0.39 is 6.10 Å². The third kappa shape index (κ3) is 6.05. The van der Waals surface area contributed by atoms with E-state index in [0.717, 1.165) is 29.7 Å². The number of rotatable bonds is 6. The zero-order chi connectivity index (χ0) is 26.0. The van der Waals surface area contributed by atoms with Gasteiger partial charge in [0.05, 0.1) is 16.3 Å². The number of para-hydroxylation sites is 1. The van der Waals surface area contributed by atoms with Crippen molar-refractivity contribution in [1.82, 2.24) is 0 Å². The number of ether oxygens (including phenoxy) is 1. The summed E-state index contributed by atoms with van der Waals surface area (Å²) in [6, 6.07) is 14.0. The molecule has 0 saturated heterocycles. The topological polar surface area (TPSA) is 67.4 Å². The van der Waals surface area contributed by atoms with Crippen LogP contribution in [-0.2, 0) is 17.6 Å². The molecule has 0 saturated carbocycles. The van der Waals surface area contributed by atoms with Crippen molar-refractivity contribution < 1.29 is 14.3 Å². The van der Waals surface area contributed by atoms with Crippen LogP contribution in [0.15, 0.2) is 48.5 Å². The number of hydrogen-bond acceptors (Lipinski definition) is 4. The lowest BCUT2D eigenvalue weighted by Crippen LogP contribution is -2.30. The van der Waals surface area contributed by atoms with Crippen molar-refractivity contribution in [2.24, 2.45) is 11.3 Å². The van der Waals surface area contributed by atoms with Gasteiger partial charge in [-0.1, -0.05) is 62.2 Å². The number of benzene rings is 2. The Morgan fingerprint density at radius 3 is 2.53 bits per heavy atom. The number of nitrogens with one attached hydrogen (secondary N) is 2. The Morgan fingerprint density at radius 1 is 1.08 bits per heavy atom. The van der Waals surface area contributed by atoms with Crippen molar-refractivity contribution in [3.8, 4) is 5.75 Å². The van der Waals surface area contributed by atoms with Crippen LogP contribution in [0.5, 0.6) is 5.75 Å². The SMILES string of the molecule is CC(Oc1cccc(Cl)c1)C(=O)Nc1sc2c(c1C(=O)Nc1ccccc1Cl)CCC(C(C)(C)C)C2. The lowest BCUT2D eigenvalue weighted by Gasteiger charge is -2.33. The van der Waals surface area contributed by atoms with E-state index in [-0.39, 0.29) is 17.2 Å². The lowest BCUT2D eigenvalue weighted by atomic mass is 9.72. The van der Waals surface area contributed by atoms with Crippen molar-refractivity contribution in [3.05, 3.63) is 74.6 Å². The van der Waals surface area contributed by atoms with Gasteiger partial charge < -0.3 is 15.4 Å². The van der Waals surface area contributed by atoms with Crippen LogP contribution < -0.4 is 15.4 Å². The minimum Gasteiger partial charge on any atom is -0.481 e. The molecule has 2 N–H and O–H groups in total. The summed E-state index contributed by atoms with van der Waals surface area (Å²) in [4.78, 5) is 27.8. The second-order valence-electron chi connectivity index (χ2n) is 10.2. The number of fused-ring (bicyclic) bond motifs is 1. The summed E-state index contributed by atoms with van der Waals surface area (Å²) in [7, 11) is 0. The van der Waals surface area contributed by atoms with E-state index in [4.69, 9.17) is 27.9 Å². The lowest BCUT2D eigenvalue weighted by molar-refractivity contribution is -0.122. The molecule has 0 radical (unpaired) electrons. The maximum Gasteiger partial charge on any atom is 0.265 e. The standard InChI is InChI=1S/C28H30Cl2N2O3S/c1-16(35-19-9-7-8-18(29)15-19)25(33)32-27-24(26(34)31-22-11-6-5-10-21(22)30)20-13-12-17(28(2,3)4)14-23(20)36-27/h5-11,15-17H,12-14H2,1-4H3,(H,31,34)(H,32,33). The molecule has 0 fully saturated rings. The molecule has 0 bridgehead atoms. The average molecular weight is 546 g/mol. The van der Waals surface area contributed by atoms with Crippen LogP contribution in [0.2, 0.25) is 10.0 Å². The van der Waals surface area contributed by atoms with Gasteiger partial charge in [-0.15, -0.1) is 11.3 Å². The number of amides is 2. The van der Waals surface area contributed by atoms with Crippen molar-refractivity contribution in [2.75, 3.05) is 10.6 Å². The number of halogens is 2. The van der Waals surface area contributed by atoms with E-state index in [9.17, 15) is 9.59 Å². The van der Waals surface area contributed by atoms with Gasteiger partial charge in [-0.05, 0) is 73.4 Å². The van der Waals surface area contributed by atoms with E-state index in [1.54, 1.807) is 43.3 Å². The fraction of sp³-hybridized carbons (Fsp3) is 0.357. The molecule has 0 spiro atoms. The van der Waals surface area contributed by atoms with Gasteiger partial charge in [-0.3, -0.25) is 9.59 Å². The second-order valence-corrected chi connectivity index (χ2v) is 12.1. The predicted molar refractivity (Wildman–Crippen MR) is 149 cm³/mol. The molecule has 1 heterocycles. The smallest absolute Gasteiger partial charge is 0.265 e. The summed E-state index contributed by atoms with van der Waals surface area (Å²) >= 11 is 13.8. The zero-order valence-corrected chi connectivity index (χ0v) is 23.1. The van der Waals surface area contributed by atoms with Gasteiger partial charge >= 0.3 is 0 Å². The molecular weight excluding hydrogens is 515 g/mol. The molecule has 8 heteroatoms. The molecule has 3 aromatic rings. The first-order valence-corrected chi connectivity index (χ1v) is 13.5. The van der Waals surface area contributed by atoms with Crippen molar-refractivity contribution >= 4 is 57.0 Å². The highest BCUT2D eigenvalue weighted by atomic mass is 35.5. The minimum atomic E-state index is -0.788. The zero-order valence-electron chi connectivity index (χ0n) is 20.8. The van der Waals surface area contributed by atoms with E-state index in [0.29, 0.717) is 38.0 Å². The maximum absolute atomic E-state index is 13.5. The quantitative estimate of drug-likeness (QED) is 0.331. The number of carbonyl (C=O) groups is 2. The van der Waals surface area contributed by atoms with Gasteiger partial charge in [-0.2, -0.15) is 0 Å². The molecule has 1 aliphatic carbocycles. The van der Waals surface area contributed by atoms with Crippen LogP contribution in [0, 0.1) is 11.3 Å². The molecule has 1 aromatic heterocycles. The van der Waals surface area contributed by atoms with Crippen LogP contribution in [-0.4, -0.2) is 17.9 Å². The monoisotopic (exact) mass is 544 g/mol. The molecule has 36 heavy (non-hydrogen) atoms. The van der Waals surface area contributed by atoms with Gasteiger partial charge in [0, 0.05) is 9.90 Å². The highest BCUT2D eigenvalue weighted by Crippen LogP contribution is 2.44. The van der Waals surface area contributed by atoms with Crippen LogP contribution >= 0.6 is 34.5 Å². The molecule has 2 unspecified atom stereocenters. The molecule has 2 amide bonds. The van der Waals surface area contributed by atoms with Gasteiger partial charge in [0.25, 0.3) is 11.8 Å². The van der Waals surface area contributed by atoms with E-state index in [1.807, 2.05) is 12.1 Å². The van der Waals surface area contributed by atoms with Crippen molar-refractivity contribution in [1.29, 1.82) is 0 Å². The fourth-order valence-corrected chi connectivity index (χ4v) is 6.10. The Hall–Kier alpha value is -2.54. The Kier molecular flexibility index (Phi) is 7.98. The highest BCUT2D eigenvalue weighted by Gasteiger charge is 2.34. The molecular formula is C28H30Cl2N2O3S. The summed E-state index contributed by atoms with van der Waals surface area (Å²) < 4.78 is 5.79. The van der Waals surface area contributed by atoms with Crippen LogP contribution in [0.4, 0.5) is 10.7 Å². The van der Waals surface area contributed by atoms with Gasteiger partial charge in [0.1, 0.15) is 10.8 Å². The normalized spacial score (nSPS) is 16.1.